The molecule has 0 saturated heterocycles. The zero-order valence-corrected chi connectivity index (χ0v) is 15.4. The topological polar surface area (TPSA) is 64.8 Å². The van der Waals surface area contributed by atoms with Gasteiger partial charge in [-0.3, -0.25) is 0 Å². The molecular weight excluding hydrogens is 335 g/mol. The van der Waals surface area contributed by atoms with Crippen LogP contribution in [-0.4, -0.2) is 26.8 Å². The van der Waals surface area contributed by atoms with E-state index in [0.717, 1.165) is 16.7 Å². The van der Waals surface area contributed by atoms with Crippen molar-refractivity contribution in [1.29, 1.82) is 0 Å². The second-order valence-corrected chi connectivity index (χ2v) is 7.41. The fourth-order valence-electron chi connectivity index (χ4n) is 3.19. The van der Waals surface area contributed by atoms with Crippen LogP contribution < -0.4 is 15.4 Å². The minimum Gasteiger partial charge on any atom is -0.492 e. The van der Waals surface area contributed by atoms with Crippen molar-refractivity contribution in [3.63, 3.8) is 0 Å². The summed E-state index contributed by atoms with van der Waals surface area (Å²) in [7, 11) is 3.60. The summed E-state index contributed by atoms with van der Waals surface area (Å²) < 4.78 is 25.2. The quantitative estimate of drug-likeness (QED) is 0.897. The number of halogens is 1. The van der Waals surface area contributed by atoms with E-state index < -0.39 is 17.6 Å². The van der Waals surface area contributed by atoms with Gasteiger partial charge in [0.05, 0.1) is 12.3 Å². The summed E-state index contributed by atoms with van der Waals surface area (Å²) in [6.45, 7) is 4.31. The van der Waals surface area contributed by atoms with E-state index in [9.17, 15) is 9.18 Å². The Morgan fingerprint density at radius 2 is 1.88 bits per heavy atom. The molecule has 0 radical (unpaired) electrons. The Kier molecular flexibility index (Phi) is 4.52. The maximum Gasteiger partial charge on any atom is 0.405 e. The normalized spacial score (nSPS) is 17.8. The van der Waals surface area contributed by atoms with E-state index in [0.29, 0.717) is 18.0 Å². The number of benzene rings is 2. The average molecular weight is 358 g/mol. The third-order valence-corrected chi connectivity index (χ3v) is 4.60. The van der Waals surface area contributed by atoms with Gasteiger partial charge in [-0.15, -0.1) is 0 Å². The molecule has 1 aliphatic rings. The second kappa shape index (κ2) is 6.52. The van der Waals surface area contributed by atoms with E-state index in [1.807, 2.05) is 32.0 Å². The number of rotatable bonds is 3. The molecule has 26 heavy (non-hydrogen) atoms. The molecule has 2 aromatic carbocycles. The summed E-state index contributed by atoms with van der Waals surface area (Å²) in [6, 6.07) is 10.6. The molecule has 1 aliphatic heterocycles. The lowest BCUT2D eigenvalue weighted by atomic mass is 9.80. The van der Waals surface area contributed by atoms with Crippen LogP contribution in [0, 0.1) is 11.2 Å². The molecule has 1 unspecified atom stereocenters. The first-order valence-electron chi connectivity index (χ1n) is 8.39. The van der Waals surface area contributed by atoms with Gasteiger partial charge < -0.3 is 20.1 Å². The van der Waals surface area contributed by atoms with E-state index in [1.54, 1.807) is 31.1 Å². The smallest absolute Gasteiger partial charge is 0.405 e. The van der Waals surface area contributed by atoms with Crippen LogP contribution in [0.2, 0.25) is 0 Å². The van der Waals surface area contributed by atoms with Crippen LogP contribution in [-0.2, 0) is 4.74 Å². The van der Waals surface area contributed by atoms with Gasteiger partial charge >= 0.3 is 6.09 Å². The van der Waals surface area contributed by atoms with Gasteiger partial charge in [0.15, 0.2) is 0 Å². The monoisotopic (exact) mass is 358 g/mol. The number of carbonyl (C=O) groups is 1. The molecule has 1 amide bonds. The Morgan fingerprint density at radius 1 is 1.23 bits per heavy atom. The Balaban J connectivity index is 2.02. The van der Waals surface area contributed by atoms with Gasteiger partial charge in [-0.1, -0.05) is 32.0 Å². The van der Waals surface area contributed by atoms with E-state index >= 15 is 0 Å². The highest BCUT2D eigenvalue weighted by Gasteiger charge is 2.40. The van der Waals surface area contributed by atoms with E-state index in [2.05, 4.69) is 0 Å². The van der Waals surface area contributed by atoms with E-state index in [-0.39, 0.29) is 5.82 Å². The first kappa shape index (κ1) is 18.0. The minimum atomic E-state index is -0.811. The van der Waals surface area contributed by atoms with Crippen molar-refractivity contribution in [1.82, 2.24) is 0 Å². The largest absolute Gasteiger partial charge is 0.492 e. The SMILES string of the molecule is CN(C)c1cc(-c2ccc3c(c2)OCC(C)(C)C3OC(N)=O)ccc1F. The highest BCUT2D eigenvalue weighted by Crippen LogP contribution is 2.46. The number of hydrogen-bond acceptors (Lipinski definition) is 4. The van der Waals surface area contributed by atoms with E-state index in [1.165, 1.54) is 6.07 Å². The number of anilines is 1. The zero-order valence-electron chi connectivity index (χ0n) is 15.4. The summed E-state index contributed by atoms with van der Waals surface area (Å²) in [5.74, 6) is 0.369. The first-order chi connectivity index (χ1) is 12.2. The van der Waals surface area contributed by atoms with Crippen LogP contribution in [0.1, 0.15) is 25.5 Å². The molecule has 3 rings (SSSR count). The van der Waals surface area contributed by atoms with Crippen molar-refractivity contribution in [2.45, 2.75) is 20.0 Å². The highest BCUT2D eigenvalue weighted by atomic mass is 19.1. The molecule has 2 N–H and O–H groups in total. The summed E-state index contributed by atoms with van der Waals surface area (Å²) in [5.41, 5.74) is 7.90. The molecule has 2 aromatic rings. The maximum atomic E-state index is 13.9. The molecular formula is C20H23FN2O3. The van der Waals surface area contributed by atoms with Gasteiger partial charge in [0, 0.05) is 25.1 Å². The van der Waals surface area contributed by atoms with Gasteiger partial charge in [0.1, 0.15) is 17.7 Å². The molecule has 0 spiro atoms. The molecule has 0 bridgehead atoms. The highest BCUT2D eigenvalue weighted by molar-refractivity contribution is 5.71. The van der Waals surface area contributed by atoms with E-state index in [4.69, 9.17) is 15.2 Å². The number of amides is 1. The zero-order chi connectivity index (χ0) is 19.1. The van der Waals surface area contributed by atoms with Crippen molar-refractivity contribution in [3.05, 3.63) is 47.8 Å². The second-order valence-electron chi connectivity index (χ2n) is 7.41. The third-order valence-electron chi connectivity index (χ3n) is 4.60. The number of ether oxygens (including phenoxy) is 2. The number of nitrogens with zero attached hydrogens (tertiary/aromatic N) is 1. The van der Waals surface area contributed by atoms with Crippen LogP contribution in [0.15, 0.2) is 36.4 Å². The molecule has 6 heteroatoms. The molecule has 0 saturated carbocycles. The minimum absolute atomic E-state index is 0.273. The summed E-state index contributed by atoms with van der Waals surface area (Å²) in [4.78, 5) is 13.0. The number of fused-ring (bicyclic) bond motifs is 1. The summed E-state index contributed by atoms with van der Waals surface area (Å²) in [6.07, 6.45) is -1.29. The maximum absolute atomic E-state index is 13.9. The average Bonchev–Trinajstić information content (AvgIpc) is 2.57. The molecule has 5 nitrogen and oxygen atoms in total. The molecule has 0 aliphatic carbocycles. The molecule has 0 fully saturated rings. The predicted octanol–water partition coefficient (Wildman–Crippen LogP) is 4.11. The lowest BCUT2D eigenvalue weighted by Crippen LogP contribution is -2.37. The Bertz CT molecular complexity index is 849. The van der Waals surface area contributed by atoms with Crippen molar-refractivity contribution in [2.24, 2.45) is 11.1 Å². The number of nitrogens with two attached hydrogens (primary N) is 1. The Labute approximate surface area is 152 Å². The number of primary amides is 1. The summed E-state index contributed by atoms with van der Waals surface area (Å²) >= 11 is 0. The van der Waals surface area contributed by atoms with Crippen LogP contribution in [0.25, 0.3) is 11.1 Å². The fourth-order valence-corrected chi connectivity index (χ4v) is 3.19. The third kappa shape index (κ3) is 3.31. The Hall–Kier alpha value is -2.76. The number of hydrogen-bond donors (Lipinski definition) is 1. The predicted molar refractivity (Wildman–Crippen MR) is 98.8 cm³/mol. The van der Waals surface area contributed by atoms with Crippen molar-refractivity contribution in [3.8, 4) is 16.9 Å². The molecule has 138 valence electrons. The molecule has 1 heterocycles. The van der Waals surface area contributed by atoms with Crippen molar-refractivity contribution < 1.29 is 18.7 Å². The van der Waals surface area contributed by atoms with Crippen LogP contribution in [0.5, 0.6) is 5.75 Å². The van der Waals surface area contributed by atoms with Gasteiger partial charge in [-0.05, 0) is 29.3 Å². The lowest BCUT2D eigenvalue weighted by molar-refractivity contribution is -0.0176. The lowest BCUT2D eigenvalue weighted by Gasteiger charge is -2.38. The number of carbonyl (C=O) groups excluding carboxylic acids is 1. The van der Waals surface area contributed by atoms with Crippen molar-refractivity contribution in [2.75, 3.05) is 25.6 Å². The van der Waals surface area contributed by atoms with Crippen LogP contribution >= 0.6 is 0 Å². The van der Waals surface area contributed by atoms with Gasteiger partial charge in [-0.2, -0.15) is 0 Å². The standard InChI is InChI=1S/C20H23FN2O3/c1-20(2)11-25-17-10-13(5-7-14(17)18(20)26-19(22)24)12-6-8-15(21)16(9-12)23(3)4/h5-10,18H,11H2,1-4H3,(H2,22,24). The molecule has 0 aromatic heterocycles. The van der Waals surface area contributed by atoms with Crippen LogP contribution in [0.4, 0.5) is 14.9 Å². The Morgan fingerprint density at radius 3 is 2.54 bits per heavy atom. The fraction of sp³-hybridized carbons (Fsp3) is 0.350. The summed E-state index contributed by atoms with van der Waals surface area (Å²) in [5, 5.41) is 0. The molecule has 1 atom stereocenters. The first-order valence-corrected chi connectivity index (χ1v) is 8.39. The van der Waals surface area contributed by atoms with Crippen molar-refractivity contribution >= 4 is 11.8 Å². The van der Waals surface area contributed by atoms with Gasteiger partial charge in [0.2, 0.25) is 0 Å². The van der Waals surface area contributed by atoms with Gasteiger partial charge in [-0.25, -0.2) is 9.18 Å². The van der Waals surface area contributed by atoms with Crippen LogP contribution in [0.3, 0.4) is 0 Å². The van der Waals surface area contributed by atoms with Gasteiger partial charge in [0.25, 0.3) is 0 Å².